The fourth-order valence-electron chi connectivity index (χ4n) is 4.52. The van der Waals surface area contributed by atoms with Crippen LogP contribution in [0.4, 0.5) is 5.69 Å². The zero-order valence-electron chi connectivity index (χ0n) is 21.6. The number of anilines is 1. The SMILES string of the molecule is Cc1ccc(-c2ccc(=O)n(Cc3noc(C(=O)N4CCN(c5cccc(C)c5C)CC4)n3)n2)cc1C. The Balaban J connectivity index is 1.26. The molecule has 190 valence electrons. The molecule has 5 rings (SSSR count). The van der Waals surface area contributed by atoms with E-state index in [1.807, 2.05) is 32.0 Å². The van der Waals surface area contributed by atoms with E-state index in [0.717, 1.165) is 24.2 Å². The van der Waals surface area contributed by atoms with Gasteiger partial charge in [0.1, 0.15) is 6.54 Å². The Morgan fingerprint density at radius 2 is 1.70 bits per heavy atom. The van der Waals surface area contributed by atoms with Crippen LogP contribution in [0, 0.1) is 27.7 Å². The normalized spacial score (nSPS) is 13.7. The number of aromatic nitrogens is 4. The van der Waals surface area contributed by atoms with Gasteiger partial charge in [-0.25, -0.2) is 4.68 Å². The first kappa shape index (κ1) is 24.4. The number of piperazine rings is 1. The van der Waals surface area contributed by atoms with Crippen molar-refractivity contribution < 1.29 is 9.32 Å². The summed E-state index contributed by atoms with van der Waals surface area (Å²) in [6.07, 6.45) is 0. The average molecular weight is 499 g/mol. The van der Waals surface area contributed by atoms with E-state index in [0.29, 0.717) is 18.8 Å². The summed E-state index contributed by atoms with van der Waals surface area (Å²) in [4.78, 5) is 33.8. The number of aryl methyl sites for hydroxylation is 3. The van der Waals surface area contributed by atoms with Gasteiger partial charge in [0.15, 0.2) is 5.82 Å². The fourth-order valence-corrected chi connectivity index (χ4v) is 4.52. The molecule has 3 heterocycles. The van der Waals surface area contributed by atoms with Crippen molar-refractivity contribution in [3.63, 3.8) is 0 Å². The van der Waals surface area contributed by atoms with Crippen LogP contribution < -0.4 is 10.5 Å². The van der Waals surface area contributed by atoms with Gasteiger partial charge in [-0.2, -0.15) is 10.1 Å². The molecule has 4 aromatic rings. The van der Waals surface area contributed by atoms with Crippen LogP contribution in [-0.4, -0.2) is 56.9 Å². The molecular weight excluding hydrogens is 468 g/mol. The summed E-state index contributed by atoms with van der Waals surface area (Å²) in [5, 5.41) is 8.42. The second-order valence-corrected chi connectivity index (χ2v) is 9.53. The molecular formula is C28H30N6O3. The van der Waals surface area contributed by atoms with Crippen LogP contribution in [0.15, 0.2) is 57.8 Å². The lowest BCUT2D eigenvalue weighted by Gasteiger charge is -2.36. The van der Waals surface area contributed by atoms with Gasteiger partial charge in [-0.05, 0) is 68.1 Å². The number of amides is 1. The zero-order valence-corrected chi connectivity index (χ0v) is 21.6. The highest BCUT2D eigenvalue weighted by atomic mass is 16.5. The smallest absolute Gasteiger partial charge is 0.316 e. The standard InChI is InChI=1S/C28H30N6O3/c1-18-8-9-22(16-20(18)3)23-10-11-26(35)34(30-23)17-25-29-27(37-31-25)28(36)33-14-12-32(13-15-33)24-7-5-6-19(2)21(24)4/h5-11,16H,12-15,17H2,1-4H3. The Morgan fingerprint density at radius 1 is 0.919 bits per heavy atom. The number of hydrogen-bond donors (Lipinski definition) is 0. The minimum Gasteiger partial charge on any atom is -0.368 e. The molecule has 0 radical (unpaired) electrons. The molecule has 37 heavy (non-hydrogen) atoms. The van der Waals surface area contributed by atoms with Gasteiger partial charge >= 0.3 is 11.8 Å². The third-order valence-corrected chi connectivity index (χ3v) is 7.10. The van der Waals surface area contributed by atoms with Gasteiger partial charge in [-0.1, -0.05) is 29.4 Å². The van der Waals surface area contributed by atoms with Crippen LogP contribution in [0.2, 0.25) is 0 Å². The molecule has 9 nitrogen and oxygen atoms in total. The van der Waals surface area contributed by atoms with Crippen LogP contribution >= 0.6 is 0 Å². The quantitative estimate of drug-likeness (QED) is 0.415. The summed E-state index contributed by atoms with van der Waals surface area (Å²) < 4.78 is 6.56. The van der Waals surface area contributed by atoms with Gasteiger partial charge in [-0.3, -0.25) is 9.59 Å². The molecule has 2 aromatic heterocycles. The molecule has 1 amide bonds. The first-order valence-corrected chi connectivity index (χ1v) is 12.4. The van der Waals surface area contributed by atoms with Gasteiger partial charge < -0.3 is 14.3 Å². The van der Waals surface area contributed by atoms with E-state index in [9.17, 15) is 9.59 Å². The molecule has 0 bridgehead atoms. The molecule has 0 unspecified atom stereocenters. The molecule has 1 fully saturated rings. The van der Waals surface area contributed by atoms with Crippen molar-refractivity contribution in [1.29, 1.82) is 0 Å². The van der Waals surface area contributed by atoms with Gasteiger partial charge in [0.2, 0.25) is 0 Å². The van der Waals surface area contributed by atoms with E-state index in [1.54, 1.807) is 11.0 Å². The lowest BCUT2D eigenvalue weighted by Crippen LogP contribution is -2.49. The summed E-state index contributed by atoms with van der Waals surface area (Å²) in [6, 6.07) is 15.5. The van der Waals surface area contributed by atoms with Crippen molar-refractivity contribution in [3.05, 3.63) is 92.9 Å². The van der Waals surface area contributed by atoms with E-state index in [2.05, 4.69) is 52.2 Å². The van der Waals surface area contributed by atoms with E-state index >= 15 is 0 Å². The lowest BCUT2D eigenvalue weighted by atomic mass is 10.0. The average Bonchev–Trinajstić information content (AvgIpc) is 3.37. The van der Waals surface area contributed by atoms with Crippen LogP contribution in [0.25, 0.3) is 11.3 Å². The first-order valence-electron chi connectivity index (χ1n) is 12.4. The van der Waals surface area contributed by atoms with Crippen molar-refractivity contribution in [2.45, 2.75) is 34.2 Å². The first-order chi connectivity index (χ1) is 17.8. The highest BCUT2D eigenvalue weighted by Crippen LogP contribution is 2.24. The highest BCUT2D eigenvalue weighted by Gasteiger charge is 2.27. The van der Waals surface area contributed by atoms with E-state index < -0.39 is 0 Å². The second-order valence-electron chi connectivity index (χ2n) is 9.53. The number of benzene rings is 2. The maximum Gasteiger partial charge on any atom is 0.316 e. The Kier molecular flexibility index (Phi) is 6.60. The number of carbonyl (C=O) groups is 1. The van der Waals surface area contributed by atoms with Crippen molar-refractivity contribution in [2.24, 2.45) is 0 Å². The number of carbonyl (C=O) groups excluding carboxylic acids is 1. The third kappa shape index (κ3) is 5.02. The van der Waals surface area contributed by atoms with Crippen LogP contribution in [-0.2, 0) is 6.54 Å². The topological polar surface area (TPSA) is 97.4 Å². The predicted octanol–water partition coefficient (Wildman–Crippen LogP) is 3.54. The van der Waals surface area contributed by atoms with Crippen molar-refractivity contribution in [2.75, 3.05) is 31.1 Å². The molecule has 0 spiro atoms. The molecule has 0 aliphatic carbocycles. The van der Waals surface area contributed by atoms with Crippen molar-refractivity contribution in [3.8, 4) is 11.3 Å². The molecule has 0 saturated carbocycles. The Labute approximate surface area is 215 Å². The molecule has 1 aliphatic heterocycles. The summed E-state index contributed by atoms with van der Waals surface area (Å²) in [7, 11) is 0. The molecule has 1 saturated heterocycles. The monoisotopic (exact) mass is 498 g/mol. The molecule has 0 atom stereocenters. The van der Waals surface area contributed by atoms with E-state index in [1.165, 1.54) is 33.1 Å². The molecule has 1 aliphatic rings. The fraction of sp³-hybridized carbons (Fsp3) is 0.321. The summed E-state index contributed by atoms with van der Waals surface area (Å²) in [5.74, 6) is -0.152. The van der Waals surface area contributed by atoms with E-state index in [-0.39, 0.29) is 29.7 Å². The Hall–Kier alpha value is -4.27. The van der Waals surface area contributed by atoms with Gasteiger partial charge in [-0.15, -0.1) is 0 Å². The second kappa shape index (κ2) is 10.0. The van der Waals surface area contributed by atoms with Crippen LogP contribution in [0.5, 0.6) is 0 Å². The Morgan fingerprint density at radius 3 is 2.46 bits per heavy atom. The van der Waals surface area contributed by atoms with Gasteiger partial charge in [0, 0.05) is 43.5 Å². The maximum absolute atomic E-state index is 13.0. The number of rotatable bonds is 5. The summed E-state index contributed by atoms with van der Waals surface area (Å²) >= 11 is 0. The maximum atomic E-state index is 13.0. The van der Waals surface area contributed by atoms with Crippen LogP contribution in [0.3, 0.4) is 0 Å². The summed E-state index contributed by atoms with van der Waals surface area (Å²) in [6.45, 7) is 10.9. The van der Waals surface area contributed by atoms with Crippen LogP contribution in [0.1, 0.15) is 38.8 Å². The Bertz CT molecular complexity index is 1510. The van der Waals surface area contributed by atoms with Gasteiger partial charge in [0.05, 0.1) is 5.69 Å². The lowest BCUT2D eigenvalue weighted by molar-refractivity contribution is 0.0696. The third-order valence-electron chi connectivity index (χ3n) is 7.10. The minimum absolute atomic E-state index is 0.00864. The van der Waals surface area contributed by atoms with Crippen molar-refractivity contribution >= 4 is 11.6 Å². The number of nitrogens with zero attached hydrogens (tertiary/aromatic N) is 6. The molecule has 9 heteroatoms. The zero-order chi connectivity index (χ0) is 26.1. The number of hydrogen-bond acceptors (Lipinski definition) is 7. The predicted molar refractivity (Wildman–Crippen MR) is 141 cm³/mol. The van der Waals surface area contributed by atoms with Gasteiger partial charge in [0.25, 0.3) is 5.56 Å². The summed E-state index contributed by atoms with van der Waals surface area (Å²) in [5.41, 5.74) is 7.35. The largest absolute Gasteiger partial charge is 0.368 e. The minimum atomic E-state index is -0.302. The van der Waals surface area contributed by atoms with Crippen molar-refractivity contribution in [1.82, 2.24) is 24.8 Å². The molecule has 0 N–H and O–H groups in total. The highest BCUT2D eigenvalue weighted by molar-refractivity contribution is 5.89. The van der Waals surface area contributed by atoms with E-state index in [4.69, 9.17) is 4.52 Å². The molecule has 2 aromatic carbocycles.